The number of thiophene rings is 1. The van der Waals surface area contributed by atoms with Gasteiger partial charge in [0.25, 0.3) is 0 Å². The molecule has 0 amide bonds. The normalized spacial score (nSPS) is 11.1. The smallest absolute Gasteiger partial charge is 0.137 e. The van der Waals surface area contributed by atoms with Gasteiger partial charge in [-0.3, -0.25) is 0 Å². The van der Waals surface area contributed by atoms with Crippen LogP contribution in [0.1, 0.15) is 4.88 Å². The molecule has 0 aliphatic rings. The molecule has 0 fully saturated rings. The van der Waals surface area contributed by atoms with E-state index in [4.69, 9.17) is 5.73 Å². The van der Waals surface area contributed by atoms with Crippen molar-refractivity contribution in [1.82, 2.24) is 9.97 Å². The van der Waals surface area contributed by atoms with Gasteiger partial charge in [0, 0.05) is 39.6 Å². The standard InChI is InChI=1S/C12H11N3S/c13-6-8-3-4-11(16-8)10-7-15-12-9(10)2-1-5-14-12/h1-5,7H,6,13H2,(H,14,15). The largest absolute Gasteiger partial charge is 0.345 e. The summed E-state index contributed by atoms with van der Waals surface area (Å²) in [6.45, 7) is 0.602. The molecule has 3 aromatic heterocycles. The summed E-state index contributed by atoms with van der Waals surface area (Å²) in [6.07, 6.45) is 3.80. The summed E-state index contributed by atoms with van der Waals surface area (Å²) in [5.41, 5.74) is 7.75. The Morgan fingerprint density at radius 1 is 1.31 bits per heavy atom. The third-order valence-corrected chi connectivity index (χ3v) is 3.72. The Morgan fingerprint density at radius 2 is 2.25 bits per heavy atom. The van der Waals surface area contributed by atoms with Crippen molar-refractivity contribution < 1.29 is 0 Å². The highest BCUT2D eigenvalue weighted by Gasteiger charge is 2.08. The first-order valence-corrected chi connectivity index (χ1v) is 5.91. The van der Waals surface area contributed by atoms with Crippen LogP contribution in [0.15, 0.2) is 36.7 Å². The van der Waals surface area contributed by atoms with E-state index in [0.29, 0.717) is 6.54 Å². The van der Waals surface area contributed by atoms with E-state index in [2.05, 4.69) is 28.2 Å². The van der Waals surface area contributed by atoms with Crippen molar-refractivity contribution in [3.05, 3.63) is 41.5 Å². The molecule has 0 spiro atoms. The predicted molar refractivity (Wildman–Crippen MR) is 67.3 cm³/mol. The number of nitrogens with zero attached hydrogens (tertiary/aromatic N) is 1. The molecule has 80 valence electrons. The van der Waals surface area contributed by atoms with Gasteiger partial charge in [-0.05, 0) is 24.3 Å². The van der Waals surface area contributed by atoms with Crippen LogP contribution in [-0.4, -0.2) is 9.97 Å². The van der Waals surface area contributed by atoms with E-state index in [1.165, 1.54) is 15.3 Å². The molecule has 3 N–H and O–H groups in total. The Hall–Kier alpha value is -1.65. The molecule has 0 unspecified atom stereocenters. The van der Waals surface area contributed by atoms with Crippen LogP contribution in [0.3, 0.4) is 0 Å². The van der Waals surface area contributed by atoms with Crippen molar-refractivity contribution in [2.45, 2.75) is 6.54 Å². The zero-order valence-corrected chi connectivity index (χ0v) is 9.42. The minimum atomic E-state index is 0.602. The van der Waals surface area contributed by atoms with Crippen molar-refractivity contribution in [1.29, 1.82) is 0 Å². The fraction of sp³-hybridized carbons (Fsp3) is 0.0833. The Labute approximate surface area is 96.9 Å². The topological polar surface area (TPSA) is 54.7 Å². The maximum absolute atomic E-state index is 5.62. The predicted octanol–water partition coefficient (Wildman–Crippen LogP) is 2.75. The highest BCUT2D eigenvalue weighted by atomic mass is 32.1. The van der Waals surface area contributed by atoms with Crippen LogP contribution in [0.5, 0.6) is 0 Å². The molecule has 0 aliphatic carbocycles. The quantitative estimate of drug-likeness (QED) is 0.710. The molecule has 0 atom stereocenters. The van der Waals surface area contributed by atoms with Crippen molar-refractivity contribution in [3.8, 4) is 10.4 Å². The van der Waals surface area contributed by atoms with Gasteiger partial charge in [-0.2, -0.15) is 0 Å². The van der Waals surface area contributed by atoms with Crippen LogP contribution in [0.2, 0.25) is 0 Å². The lowest BCUT2D eigenvalue weighted by Crippen LogP contribution is -1.90. The van der Waals surface area contributed by atoms with Gasteiger partial charge in [0.05, 0.1) is 0 Å². The van der Waals surface area contributed by atoms with Gasteiger partial charge in [-0.25, -0.2) is 4.98 Å². The number of aromatic nitrogens is 2. The van der Waals surface area contributed by atoms with Gasteiger partial charge in [-0.15, -0.1) is 11.3 Å². The molecule has 0 aromatic carbocycles. The van der Waals surface area contributed by atoms with E-state index >= 15 is 0 Å². The molecular weight excluding hydrogens is 218 g/mol. The molecular formula is C12H11N3S. The summed E-state index contributed by atoms with van der Waals surface area (Å²) < 4.78 is 0. The molecule has 0 saturated heterocycles. The van der Waals surface area contributed by atoms with Gasteiger partial charge in [0.1, 0.15) is 5.65 Å². The summed E-state index contributed by atoms with van der Waals surface area (Å²) in [7, 11) is 0. The monoisotopic (exact) mass is 229 g/mol. The molecule has 0 bridgehead atoms. The van der Waals surface area contributed by atoms with Crippen LogP contribution in [0.4, 0.5) is 0 Å². The maximum atomic E-state index is 5.62. The lowest BCUT2D eigenvalue weighted by atomic mass is 10.2. The van der Waals surface area contributed by atoms with Crippen LogP contribution in [0.25, 0.3) is 21.5 Å². The van der Waals surface area contributed by atoms with Gasteiger partial charge in [-0.1, -0.05) is 0 Å². The van der Waals surface area contributed by atoms with Gasteiger partial charge in [0.15, 0.2) is 0 Å². The van der Waals surface area contributed by atoms with Crippen LogP contribution in [-0.2, 0) is 6.54 Å². The molecule has 16 heavy (non-hydrogen) atoms. The molecule has 0 aliphatic heterocycles. The van der Waals surface area contributed by atoms with Crippen molar-refractivity contribution in [2.24, 2.45) is 5.73 Å². The van der Waals surface area contributed by atoms with E-state index in [-0.39, 0.29) is 0 Å². The number of nitrogens with one attached hydrogen (secondary N) is 1. The van der Waals surface area contributed by atoms with Crippen molar-refractivity contribution in [3.63, 3.8) is 0 Å². The second kappa shape index (κ2) is 3.73. The van der Waals surface area contributed by atoms with E-state index in [0.717, 1.165) is 11.0 Å². The van der Waals surface area contributed by atoms with E-state index < -0.39 is 0 Å². The maximum Gasteiger partial charge on any atom is 0.137 e. The minimum Gasteiger partial charge on any atom is -0.345 e. The number of fused-ring (bicyclic) bond motifs is 1. The average molecular weight is 229 g/mol. The highest BCUT2D eigenvalue weighted by Crippen LogP contribution is 2.32. The summed E-state index contributed by atoms with van der Waals surface area (Å²) >= 11 is 1.73. The number of nitrogens with two attached hydrogens (primary N) is 1. The SMILES string of the molecule is NCc1ccc(-c2c[nH]c3ncccc23)s1. The number of rotatable bonds is 2. The zero-order chi connectivity index (χ0) is 11.0. The van der Waals surface area contributed by atoms with E-state index in [1.54, 1.807) is 17.5 Å². The molecule has 3 aromatic rings. The van der Waals surface area contributed by atoms with Crippen molar-refractivity contribution >= 4 is 22.4 Å². The van der Waals surface area contributed by atoms with Gasteiger partial charge in [0.2, 0.25) is 0 Å². The Bertz CT molecular complexity index is 624. The molecule has 3 heterocycles. The van der Waals surface area contributed by atoms with Crippen molar-refractivity contribution in [2.75, 3.05) is 0 Å². The Kier molecular flexibility index (Phi) is 2.23. The summed E-state index contributed by atoms with van der Waals surface area (Å²) in [5.74, 6) is 0. The second-order valence-electron chi connectivity index (χ2n) is 3.57. The van der Waals surface area contributed by atoms with Crippen LogP contribution < -0.4 is 5.73 Å². The second-order valence-corrected chi connectivity index (χ2v) is 4.74. The van der Waals surface area contributed by atoms with Crippen LogP contribution in [0, 0.1) is 0 Å². The van der Waals surface area contributed by atoms with Gasteiger partial charge < -0.3 is 10.7 Å². The molecule has 3 nitrogen and oxygen atoms in total. The Morgan fingerprint density at radius 3 is 3.06 bits per heavy atom. The number of H-pyrrole nitrogens is 1. The first kappa shape index (κ1) is 9.57. The summed E-state index contributed by atoms with van der Waals surface area (Å²) in [5, 5.41) is 1.16. The Balaban J connectivity index is 2.18. The fourth-order valence-corrected chi connectivity index (χ4v) is 2.71. The van der Waals surface area contributed by atoms with Gasteiger partial charge >= 0.3 is 0 Å². The number of hydrogen-bond donors (Lipinski definition) is 2. The average Bonchev–Trinajstić information content (AvgIpc) is 2.94. The number of aromatic amines is 1. The first-order valence-electron chi connectivity index (χ1n) is 5.10. The molecule has 3 rings (SSSR count). The minimum absolute atomic E-state index is 0.602. The molecule has 0 saturated carbocycles. The lowest BCUT2D eigenvalue weighted by molar-refractivity contribution is 1.11. The summed E-state index contributed by atoms with van der Waals surface area (Å²) in [4.78, 5) is 9.89. The van der Waals surface area contributed by atoms with E-state index in [9.17, 15) is 0 Å². The lowest BCUT2D eigenvalue weighted by Gasteiger charge is -1.93. The van der Waals surface area contributed by atoms with Crippen LogP contribution >= 0.6 is 11.3 Å². The third kappa shape index (κ3) is 1.43. The molecule has 0 radical (unpaired) electrons. The fourth-order valence-electron chi connectivity index (χ4n) is 1.79. The third-order valence-electron chi connectivity index (χ3n) is 2.58. The summed E-state index contributed by atoms with van der Waals surface area (Å²) in [6, 6.07) is 8.23. The molecule has 4 heteroatoms. The van der Waals surface area contributed by atoms with E-state index in [1.807, 2.05) is 12.3 Å². The number of pyridine rings is 1. The zero-order valence-electron chi connectivity index (χ0n) is 8.60. The highest BCUT2D eigenvalue weighted by molar-refractivity contribution is 7.15. The number of hydrogen-bond acceptors (Lipinski definition) is 3. The first-order chi connectivity index (χ1) is 7.88.